The van der Waals surface area contributed by atoms with Gasteiger partial charge in [-0.15, -0.1) is 11.3 Å². The molecule has 0 spiro atoms. The number of nitrogens with zero attached hydrogens (tertiary/aromatic N) is 2. The Morgan fingerprint density at radius 2 is 1.91 bits per heavy atom. The van der Waals surface area contributed by atoms with Crippen LogP contribution in [0.25, 0.3) is 33.4 Å². The van der Waals surface area contributed by atoms with Gasteiger partial charge in [0.25, 0.3) is 0 Å². The minimum absolute atomic E-state index is 0.127. The molecule has 2 fully saturated rings. The van der Waals surface area contributed by atoms with Crippen molar-refractivity contribution in [2.24, 2.45) is 0 Å². The highest BCUT2D eigenvalue weighted by Gasteiger charge is 2.29. The number of benzene rings is 2. The zero-order valence-corrected chi connectivity index (χ0v) is 20.7. The summed E-state index contributed by atoms with van der Waals surface area (Å²) in [5, 5.41) is 9.35. The molecule has 2 aliphatic rings. The topological polar surface area (TPSA) is 68.2 Å². The number of hydrogen-bond acceptors (Lipinski definition) is 4. The number of ether oxygens (including phenoxy) is 1. The molecule has 4 aromatic rings. The van der Waals surface area contributed by atoms with Crippen LogP contribution in [-0.4, -0.2) is 28.2 Å². The second-order valence-corrected chi connectivity index (χ2v) is 10.2. The van der Waals surface area contributed by atoms with Crippen LogP contribution in [0.5, 0.6) is 5.75 Å². The van der Waals surface area contributed by atoms with Crippen molar-refractivity contribution in [3.8, 4) is 28.3 Å². The van der Waals surface area contributed by atoms with Gasteiger partial charge in [-0.25, -0.2) is 9.78 Å². The predicted molar refractivity (Wildman–Crippen MR) is 142 cm³/mol. The third-order valence-electron chi connectivity index (χ3n) is 7.27. The molecule has 2 N–H and O–H groups in total. The average Bonchev–Trinajstić information content (AvgIpc) is 3.43. The first-order valence-electron chi connectivity index (χ1n) is 12.6. The zero-order chi connectivity index (χ0) is 23.8. The van der Waals surface area contributed by atoms with Crippen LogP contribution >= 0.6 is 11.3 Å². The standard InChI is InChI=1S/C28H30N4O2S/c1-2-34-22-13-14-23-25(15-22)32(21-7-4-8-21)27(26(23)24-16-35-17-29-24)18-9-11-20(12-10-18)31-28(33)30-19-5-3-6-19/h9-17,19,21H,2-8H2,1H3,(H2,30,31,33). The molecule has 6 nitrogen and oxygen atoms in total. The van der Waals surface area contributed by atoms with Gasteiger partial charge in [0.2, 0.25) is 0 Å². The van der Waals surface area contributed by atoms with E-state index in [2.05, 4.69) is 50.9 Å². The summed E-state index contributed by atoms with van der Waals surface area (Å²) in [6.45, 7) is 2.66. The third-order valence-corrected chi connectivity index (χ3v) is 7.86. The molecular weight excluding hydrogens is 456 g/mol. The molecular formula is C28H30N4O2S. The van der Waals surface area contributed by atoms with Crippen molar-refractivity contribution in [3.05, 3.63) is 53.4 Å². The Labute approximate surface area is 209 Å². The molecule has 6 rings (SSSR count). The maximum Gasteiger partial charge on any atom is 0.319 e. The van der Waals surface area contributed by atoms with Gasteiger partial charge in [0.1, 0.15) is 5.75 Å². The molecule has 0 bridgehead atoms. The molecule has 2 heterocycles. The van der Waals surface area contributed by atoms with Crippen LogP contribution < -0.4 is 15.4 Å². The summed E-state index contributed by atoms with van der Waals surface area (Å²) in [4.78, 5) is 17.0. The number of rotatable bonds is 7. The molecule has 0 aliphatic heterocycles. The Hall–Kier alpha value is -3.32. The van der Waals surface area contributed by atoms with Crippen LogP contribution in [0, 0.1) is 0 Å². The molecule has 35 heavy (non-hydrogen) atoms. The Morgan fingerprint density at radius 3 is 2.54 bits per heavy atom. The van der Waals surface area contributed by atoms with Crippen molar-refractivity contribution in [1.29, 1.82) is 0 Å². The van der Waals surface area contributed by atoms with E-state index in [-0.39, 0.29) is 6.03 Å². The van der Waals surface area contributed by atoms with Gasteiger partial charge in [-0.2, -0.15) is 0 Å². The SMILES string of the molecule is CCOc1ccc2c(-c3cscn3)c(-c3ccc(NC(=O)NC4CCC4)cc3)n(C3CCC3)c2c1. The second kappa shape index (κ2) is 9.38. The van der Waals surface area contributed by atoms with Gasteiger partial charge >= 0.3 is 6.03 Å². The van der Waals surface area contributed by atoms with E-state index in [4.69, 9.17) is 9.72 Å². The summed E-state index contributed by atoms with van der Waals surface area (Å²) >= 11 is 1.62. The number of hydrogen-bond donors (Lipinski definition) is 2. The lowest BCUT2D eigenvalue weighted by Crippen LogP contribution is -2.41. The molecule has 0 unspecified atom stereocenters. The molecule has 2 aromatic carbocycles. The summed E-state index contributed by atoms with van der Waals surface area (Å²) in [7, 11) is 0. The molecule has 2 amide bonds. The van der Waals surface area contributed by atoms with E-state index in [1.165, 1.54) is 47.8 Å². The second-order valence-electron chi connectivity index (χ2n) is 9.47. The number of thiazole rings is 1. The Morgan fingerprint density at radius 1 is 1.11 bits per heavy atom. The highest BCUT2D eigenvalue weighted by molar-refractivity contribution is 7.07. The maximum absolute atomic E-state index is 12.3. The number of aromatic nitrogens is 2. The van der Waals surface area contributed by atoms with Gasteiger partial charge in [-0.3, -0.25) is 0 Å². The van der Waals surface area contributed by atoms with Crippen LogP contribution in [-0.2, 0) is 0 Å². The number of anilines is 1. The number of amides is 2. The van der Waals surface area contributed by atoms with Crippen molar-refractivity contribution in [1.82, 2.24) is 14.9 Å². The number of nitrogens with one attached hydrogen (secondary N) is 2. The first kappa shape index (κ1) is 22.2. The normalized spacial score (nSPS) is 16.0. The maximum atomic E-state index is 12.3. The summed E-state index contributed by atoms with van der Waals surface area (Å²) in [5.74, 6) is 0.895. The molecule has 0 radical (unpaired) electrons. The summed E-state index contributed by atoms with van der Waals surface area (Å²) in [5.41, 5.74) is 8.37. The van der Waals surface area contributed by atoms with Crippen LogP contribution in [0.15, 0.2) is 53.4 Å². The Bertz CT molecular complexity index is 1340. The largest absolute Gasteiger partial charge is 0.494 e. The summed E-state index contributed by atoms with van der Waals surface area (Å²) < 4.78 is 8.37. The quantitative estimate of drug-likeness (QED) is 0.289. The van der Waals surface area contributed by atoms with Gasteiger partial charge in [0, 0.05) is 40.2 Å². The van der Waals surface area contributed by atoms with E-state index in [1.807, 2.05) is 24.6 Å². The number of fused-ring (bicyclic) bond motifs is 1. The number of carbonyl (C=O) groups excluding carboxylic acids is 1. The highest BCUT2D eigenvalue weighted by atomic mass is 32.1. The lowest BCUT2D eigenvalue weighted by molar-refractivity contribution is 0.240. The fourth-order valence-electron chi connectivity index (χ4n) is 5.07. The van der Waals surface area contributed by atoms with Crippen molar-refractivity contribution < 1.29 is 9.53 Å². The van der Waals surface area contributed by atoms with Crippen LogP contribution in [0.4, 0.5) is 10.5 Å². The van der Waals surface area contributed by atoms with E-state index in [9.17, 15) is 4.79 Å². The minimum atomic E-state index is -0.127. The van der Waals surface area contributed by atoms with Gasteiger partial charge in [-0.05, 0) is 75.3 Å². The molecule has 0 saturated heterocycles. The van der Waals surface area contributed by atoms with E-state index >= 15 is 0 Å². The highest BCUT2D eigenvalue weighted by Crippen LogP contribution is 2.47. The van der Waals surface area contributed by atoms with Gasteiger partial charge in [-0.1, -0.05) is 12.1 Å². The third kappa shape index (κ3) is 4.18. The first-order valence-corrected chi connectivity index (χ1v) is 13.5. The number of carbonyl (C=O) groups is 1. The molecule has 7 heteroatoms. The Balaban J connectivity index is 1.43. The summed E-state index contributed by atoms with van der Waals surface area (Å²) in [6.07, 6.45) is 6.94. The van der Waals surface area contributed by atoms with Crippen LogP contribution in [0.2, 0.25) is 0 Å². The van der Waals surface area contributed by atoms with Gasteiger partial charge in [0.15, 0.2) is 0 Å². The predicted octanol–water partition coefficient (Wildman–Crippen LogP) is 7.23. The van der Waals surface area contributed by atoms with E-state index in [0.717, 1.165) is 35.5 Å². The first-order chi connectivity index (χ1) is 17.2. The van der Waals surface area contributed by atoms with Crippen molar-refractivity contribution >= 4 is 34.0 Å². The molecule has 2 saturated carbocycles. The van der Waals surface area contributed by atoms with E-state index in [1.54, 1.807) is 11.3 Å². The fourth-order valence-corrected chi connectivity index (χ4v) is 5.61. The van der Waals surface area contributed by atoms with Crippen molar-refractivity contribution in [2.45, 2.75) is 57.5 Å². The van der Waals surface area contributed by atoms with Crippen LogP contribution in [0.3, 0.4) is 0 Å². The monoisotopic (exact) mass is 486 g/mol. The van der Waals surface area contributed by atoms with Gasteiger partial charge < -0.3 is 19.9 Å². The summed E-state index contributed by atoms with van der Waals surface area (Å²) in [6, 6.07) is 15.3. The number of urea groups is 1. The van der Waals surface area contributed by atoms with E-state index in [0.29, 0.717) is 18.7 Å². The smallest absolute Gasteiger partial charge is 0.319 e. The molecule has 2 aliphatic carbocycles. The van der Waals surface area contributed by atoms with Crippen molar-refractivity contribution in [2.75, 3.05) is 11.9 Å². The molecule has 2 aromatic heterocycles. The molecule has 0 atom stereocenters. The van der Waals surface area contributed by atoms with Crippen LogP contribution in [0.1, 0.15) is 51.5 Å². The van der Waals surface area contributed by atoms with Gasteiger partial charge in [0.05, 0.1) is 29.0 Å². The Kier molecular flexibility index (Phi) is 5.94. The van der Waals surface area contributed by atoms with Crippen molar-refractivity contribution in [3.63, 3.8) is 0 Å². The lowest BCUT2D eigenvalue weighted by atomic mass is 9.92. The minimum Gasteiger partial charge on any atom is -0.494 e. The lowest BCUT2D eigenvalue weighted by Gasteiger charge is -2.30. The fraction of sp³-hybridized carbons (Fsp3) is 0.357. The van der Waals surface area contributed by atoms with E-state index < -0.39 is 0 Å². The zero-order valence-electron chi connectivity index (χ0n) is 19.9. The molecule has 180 valence electrons. The average molecular weight is 487 g/mol.